The summed E-state index contributed by atoms with van der Waals surface area (Å²) < 4.78 is 0. The third-order valence-electron chi connectivity index (χ3n) is 3.85. The summed E-state index contributed by atoms with van der Waals surface area (Å²) in [4.78, 5) is 15.9. The third-order valence-corrected chi connectivity index (χ3v) is 3.85. The highest BCUT2D eigenvalue weighted by molar-refractivity contribution is 5.85. The molecule has 0 aromatic rings. The van der Waals surface area contributed by atoms with Crippen LogP contribution in [0.1, 0.15) is 19.8 Å². The largest absolute Gasteiger partial charge is 0.341 e. The van der Waals surface area contributed by atoms with Crippen LogP contribution in [0, 0.1) is 5.92 Å². The van der Waals surface area contributed by atoms with Crippen molar-refractivity contribution in [2.75, 3.05) is 39.8 Å². The van der Waals surface area contributed by atoms with Crippen molar-refractivity contribution in [2.45, 2.75) is 25.8 Å². The van der Waals surface area contributed by atoms with Gasteiger partial charge in [0.05, 0.1) is 6.54 Å². The van der Waals surface area contributed by atoms with Crippen LogP contribution in [0.3, 0.4) is 0 Å². The smallest absolute Gasteiger partial charge is 0.236 e. The molecule has 2 unspecified atom stereocenters. The van der Waals surface area contributed by atoms with E-state index >= 15 is 0 Å². The van der Waals surface area contributed by atoms with Crippen LogP contribution in [-0.2, 0) is 4.79 Å². The molecular formula is C12H24ClN3O. The molecule has 1 N–H and O–H groups in total. The van der Waals surface area contributed by atoms with E-state index in [0.717, 1.165) is 32.1 Å². The molecule has 2 fully saturated rings. The number of nitrogens with one attached hydrogen (secondary N) is 1. The van der Waals surface area contributed by atoms with Gasteiger partial charge in [-0.05, 0) is 38.8 Å². The van der Waals surface area contributed by atoms with Crippen LogP contribution >= 0.6 is 12.4 Å². The second-order valence-corrected chi connectivity index (χ2v) is 5.26. The molecule has 100 valence electrons. The molecule has 2 aliphatic heterocycles. The number of likely N-dealkylation sites (N-methyl/N-ethyl adjacent to an activating group) is 1. The number of carbonyl (C=O) groups is 1. The molecular weight excluding hydrogens is 238 g/mol. The molecule has 17 heavy (non-hydrogen) atoms. The Morgan fingerprint density at radius 1 is 1.47 bits per heavy atom. The maximum absolute atomic E-state index is 11.7. The fourth-order valence-electron chi connectivity index (χ4n) is 2.69. The van der Waals surface area contributed by atoms with E-state index in [-0.39, 0.29) is 18.3 Å². The highest BCUT2D eigenvalue weighted by atomic mass is 35.5. The van der Waals surface area contributed by atoms with E-state index < -0.39 is 0 Å². The first-order valence-corrected chi connectivity index (χ1v) is 6.35. The van der Waals surface area contributed by atoms with Crippen LogP contribution in [0.4, 0.5) is 0 Å². The zero-order valence-electron chi connectivity index (χ0n) is 10.8. The predicted octanol–water partition coefficient (Wildman–Crippen LogP) is 0.570. The summed E-state index contributed by atoms with van der Waals surface area (Å²) in [6.45, 7) is 7.12. The van der Waals surface area contributed by atoms with E-state index in [2.05, 4.69) is 17.1 Å². The Labute approximate surface area is 110 Å². The number of amides is 1. The number of nitrogens with zero attached hydrogens (tertiary/aromatic N) is 2. The lowest BCUT2D eigenvalue weighted by molar-refractivity contribution is -0.137. The van der Waals surface area contributed by atoms with Crippen LogP contribution in [0.2, 0.25) is 0 Å². The molecule has 0 aromatic heterocycles. The fraction of sp³-hybridized carbons (Fsp3) is 0.917. The zero-order valence-corrected chi connectivity index (χ0v) is 11.6. The van der Waals surface area contributed by atoms with E-state index in [1.165, 1.54) is 12.8 Å². The number of piperazine rings is 1. The molecule has 4 nitrogen and oxygen atoms in total. The van der Waals surface area contributed by atoms with Crippen molar-refractivity contribution in [1.29, 1.82) is 0 Å². The van der Waals surface area contributed by atoms with Crippen LogP contribution in [-0.4, -0.2) is 61.5 Å². The second-order valence-electron chi connectivity index (χ2n) is 5.26. The van der Waals surface area contributed by atoms with Gasteiger partial charge in [0.2, 0.25) is 5.91 Å². The van der Waals surface area contributed by atoms with Crippen LogP contribution in [0.5, 0.6) is 0 Å². The van der Waals surface area contributed by atoms with Crippen LogP contribution in [0.25, 0.3) is 0 Å². The zero-order chi connectivity index (χ0) is 11.5. The monoisotopic (exact) mass is 261 g/mol. The molecule has 2 atom stereocenters. The number of halogens is 1. The molecule has 2 saturated heterocycles. The van der Waals surface area contributed by atoms with Crippen molar-refractivity contribution >= 4 is 18.3 Å². The van der Waals surface area contributed by atoms with E-state index in [1.54, 1.807) is 0 Å². The fourth-order valence-corrected chi connectivity index (χ4v) is 2.69. The molecule has 1 amide bonds. The Morgan fingerprint density at radius 2 is 2.24 bits per heavy atom. The van der Waals surface area contributed by atoms with Crippen molar-refractivity contribution in [3.05, 3.63) is 0 Å². The maximum atomic E-state index is 11.7. The Hall–Kier alpha value is -0.320. The molecule has 2 heterocycles. The van der Waals surface area contributed by atoms with Crippen molar-refractivity contribution in [1.82, 2.24) is 15.1 Å². The van der Waals surface area contributed by atoms with E-state index in [9.17, 15) is 4.79 Å². The van der Waals surface area contributed by atoms with Gasteiger partial charge in [-0.2, -0.15) is 0 Å². The Bertz CT molecular complexity index is 256. The minimum absolute atomic E-state index is 0. The van der Waals surface area contributed by atoms with Crippen molar-refractivity contribution < 1.29 is 4.79 Å². The Kier molecular flexibility index (Phi) is 5.70. The summed E-state index contributed by atoms with van der Waals surface area (Å²) in [5, 5.41) is 3.43. The number of hydrogen-bond donors (Lipinski definition) is 1. The lowest BCUT2D eigenvalue weighted by Gasteiger charge is -2.39. The van der Waals surface area contributed by atoms with Crippen LogP contribution < -0.4 is 5.32 Å². The van der Waals surface area contributed by atoms with Crippen molar-refractivity contribution in [2.24, 2.45) is 5.92 Å². The average molecular weight is 262 g/mol. The number of carbonyl (C=O) groups excluding carboxylic acids is 1. The third kappa shape index (κ3) is 3.83. The SMILES string of the molecule is CC1CN(CC2CCCNC2)CC(=O)N1C.Cl. The first kappa shape index (κ1) is 14.7. The Balaban J connectivity index is 0.00000144. The normalized spacial score (nSPS) is 31.2. The lowest BCUT2D eigenvalue weighted by Crippen LogP contribution is -2.55. The maximum Gasteiger partial charge on any atom is 0.236 e. The average Bonchev–Trinajstić information content (AvgIpc) is 2.27. The van der Waals surface area contributed by atoms with Gasteiger partial charge in [0.25, 0.3) is 0 Å². The minimum atomic E-state index is 0. The van der Waals surface area contributed by atoms with Gasteiger partial charge >= 0.3 is 0 Å². The Morgan fingerprint density at radius 3 is 2.82 bits per heavy atom. The van der Waals surface area contributed by atoms with Gasteiger partial charge < -0.3 is 10.2 Å². The van der Waals surface area contributed by atoms with Gasteiger partial charge in [0.15, 0.2) is 0 Å². The summed E-state index contributed by atoms with van der Waals surface area (Å²) >= 11 is 0. The highest BCUT2D eigenvalue weighted by Crippen LogP contribution is 2.15. The molecule has 5 heteroatoms. The van der Waals surface area contributed by atoms with E-state index in [0.29, 0.717) is 12.6 Å². The van der Waals surface area contributed by atoms with Crippen molar-refractivity contribution in [3.63, 3.8) is 0 Å². The van der Waals surface area contributed by atoms with Gasteiger partial charge in [-0.15, -0.1) is 12.4 Å². The molecule has 0 radical (unpaired) electrons. The number of rotatable bonds is 2. The lowest BCUT2D eigenvalue weighted by atomic mass is 9.98. The molecule has 2 aliphatic rings. The number of hydrogen-bond acceptors (Lipinski definition) is 3. The summed E-state index contributed by atoms with van der Waals surface area (Å²) in [5.41, 5.74) is 0. The first-order chi connectivity index (χ1) is 7.66. The molecule has 2 rings (SSSR count). The molecule has 0 spiro atoms. The molecule has 0 saturated carbocycles. The summed E-state index contributed by atoms with van der Waals surface area (Å²) in [7, 11) is 1.91. The molecule has 0 bridgehead atoms. The minimum Gasteiger partial charge on any atom is -0.341 e. The quantitative estimate of drug-likeness (QED) is 0.790. The van der Waals surface area contributed by atoms with E-state index in [4.69, 9.17) is 0 Å². The first-order valence-electron chi connectivity index (χ1n) is 6.35. The van der Waals surface area contributed by atoms with Gasteiger partial charge in [-0.25, -0.2) is 0 Å². The summed E-state index contributed by atoms with van der Waals surface area (Å²) in [5.74, 6) is 1.000. The second kappa shape index (κ2) is 6.57. The standard InChI is InChI=1S/C12H23N3O.ClH/c1-10-7-15(9-12(16)14(10)2)8-11-4-3-5-13-6-11;/h10-11,13H,3-9H2,1-2H3;1H. The van der Waals surface area contributed by atoms with E-state index in [1.807, 2.05) is 11.9 Å². The summed E-state index contributed by atoms with van der Waals surface area (Å²) in [6.07, 6.45) is 2.59. The van der Waals surface area contributed by atoms with Gasteiger partial charge in [0, 0.05) is 26.2 Å². The predicted molar refractivity (Wildman–Crippen MR) is 71.5 cm³/mol. The van der Waals surface area contributed by atoms with Gasteiger partial charge in [-0.3, -0.25) is 9.69 Å². The number of piperidine rings is 1. The summed E-state index contributed by atoms with van der Waals surface area (Å²) in [6, 6.07) is 0.359. The van der Waals surface area contributed by atoms with Crippen LogP contribution in [0.15, 0.2) is 0 Å². The van der Waals surface area contributed by atoms with Crippen molar-refractivity contribution in [3.8, 4) is 0 Å². The topological polar surface area (TPSA) is 35.6 Å². The molecule has 0 aromatic carbocycles. The highest BCUT2D eigenvalue weighted by Gasteiger charge is 2.28. The van der Waals surface area contributed by atoms with Gasteiger partial charge in [0.1, 0.15) is 0 Å². The molecule has 0 aliphatic carbocycles. The van der Waals surface area contributed by atoms with Gasteiger partial charge in [-0.1, -0.05) is 0 Å².